The number of benzene rings is 1. The molecule has 6 heteroatoms. The summed E-state index contributed by atoms with van der Waals surface area (Å²) in [7, 11) is 1.85. The van der Waals surface area contributed by atoms with E-state index in [1.165, 1.54) is 17.8 Å². The predicted octanol–water partition coefficient (Wildman–Crippen LogP) is 1.85. The third-order valence-corrected chi connectivity index (χ3v) is 3.35. The van der Waals surface area contributed by atoms with E-state index in [9.17, 15) is 4.79 Å². The summed E-state index contributed by atoms with van der Waals surface area (Å²) in [5.74, 6) is -0.971. The molecular formula is C11H11N3O2S. The Balaban J connectivity index is 2.41. The molecule has 88 valence electrons. The van der Waals surface area contributed by atoms with Crippen LogP contribution in [0.4, 0.5) is 5.69 Å². The predicted molar refractivity (Wildman–Crippen MR) is 65.1 cm³/mol. The van der Waals surface area contributed by atoms with Gasteiger partial charge < -0.3 is 15.4 Å². The van der Waals surface area contributed by atoms with Gasteiger partial charge in [-0.1, -0.05) is 11.8 Å². The van der Waals surface area contributed by atoms with Gasteiger partial charge in [-0.2, -0.15) is 0 Å². The van der Waals surface area contributed by atoms with Gasteiger partial charge in [0.25, 0.3) is 0 Å². The number of aromatic nitrogens is 2. The van der Waals surface area contributed by atoms with Crippen molar-refractivity contribution in [3.05, 3.63) is 36.2 Å². The Kier molecular flexibility index (Phi) is 3.06. The number of nitrogens with zero attached hydrogens (tertiary/aromatic N) is 2. The van der Waals surface area contributed by atoms with Crippen molar-refractivity contribution in [2.24, 2.45) is 7.05 Å². The lowest BCUT2D eigenvalue weighted by Crippen LogP contribution is -2.00. The lowest BCUT2D eigenvalue weighted by Gasteiger charge is -2.06. The molecule has 0 aliphatic rings. The summed E-state index contributed by atoms with van der Waals surface area (Å²) in [6, 6.07) is 4.72. The molecule has 0 amide bonds. The second-order valence-electron chi connectivity index (χ2n) is 3.48. The average molecular weight is 249 g/mol. The van der Waals surface area contributed by atoms with Gasteiger partial charge in [-0.3, -0.25) is 0 Å². The molecule has 0 unspecified atom stereocenters. The van der Waals surface area contributed by atoms with E-state index >= 15 is 0 Å². The molecule has 0 radical (unpaired) electrons. The van der Waals surface area contributed by atoms with Crippen molar-refractivity contribution < 1.29 is 9.90 Å². The number of anilines is 1. The van der Waals surface area contributed by atoms with Gasteiger partial charge in [0.1, 0.15) is 0 Å². The van der Waals surface area contributed by atoms with E-state index < -0.39 is 5.97 Å². The largest absolute Gasteiger partial charge is 0.478 e. The molecule has 2 aromatic rings. The molecule has 3 N–H and O–H groups in total. The highest BCUT2D eigenvalue weighted by Gasteiger charge is 2.13. The normalized spacial score (nSPS) is 10.4. The van der Waals surface area contributed by atoms with Crippen LogP contribution in [0.1, 0.15) is 10.4 Å². The van der Waals surface area contributed by atoms with E-state index in [-0.39, 0.29) is 5.56 Å². The van der Waals surface area contributed by atoms with E-state index in [2.05, 4.69) is 4.98 Å². The number of imidazole rings is 1. The Hall–Kier alpha value is -1.95. The number of nitrogens with two attached hydrogens (primary N) is 1. The summed E-state index contributed by atoms with van der Waals surface area (Å²) in [5, 5.41) is 9.79. The van der Waals surface area contributed by atoms with E-state index in [0.29, 0.717) is 10.6 Å². The van der Waals surface area contributed by atoms with E-state index in [1.54, 1.807) is 24.5 Å². The maximum absolute atomic E-state index is 11.1. The molecule has 1 heterocycles. The minimum absolute atomic E-state index is 0.229. The zero-order valence-electron chi connectivity index (χ0n) is 9.12. The molecule has 17 heavy (non-hydrogen) atoms. The monoisotopic (exact) mass is 249 g/mol. The molecule has 2 rings (SSSR count). The number of aryl methyl sites for hydroxylation is 1. The van der Waals surface area contributed by atoms with Crippen molar-refractivity contribution in [1.82, 2.24) is 9.55 Å². The summed E-state index contributed by atoms with van der Waals surface area (Å²) in [4.78, 5) is 15.8. The molecule has 0 aliphatic heterocycles. The average Bonchev–Trinajstić information content (AvgIpc) is 2.64. The van der Waals surface area contributed by atoms with Crippen LogP contribution in [0.2, 0.25) is 0 Å². The summed E-state index contributed by atoms with van der Waals surface area (Å²) < 4.78 is 1.82. The van der Waals surface area contributed by atoms with Crippen LogP contribution in [-0.2, 0) is 7.05 Å². The number of carbonyl (C=O) groups is 1. The van der Waals surface area contributed by atoms with Gasteiger partial charge in [0.2, 0.25) is 0 Å². The number of nitrogen functional groups attached to an aromatic ring is 1. The van der Waals surface area contributed by atoms with Crippen LogP contribution in [-0.4, -0.2) is 20.6 Å². The van der Waals surface area contributed by atoms with Crippen molar-refractivity contribution in [2.75, 3.05) is 5.73 Å². The highest BCUT2D eigenvalue weighted by Crippen LogP contribution is 2.30. The number of carboxylic acids is 1. The van der Waals surface area contributed by atoms with Gasteiger partial charge in [-0.05, 0) is 18.2 Å². The minimum Gasteiger partial charge on any atom is -0.478 e. The van der Waals surface area contributed by atoms with E-state index in [0.717, 1.165) is 5.16 Å². The highest BCUT2D eigenvalue weighted by molar-refractivity contribution is 7.99. The van der Waals surface area contributed by atoms with Crippen LogP contribution >= 0.6 is 11.8 Å². The fourth-order valence-corrected chi connectivity index (χ4v) is 2.32. The molecule has 0 atom stereocenters. The Bertz CT molecular complexity index is 566. The molecule has 0 aliphatic carbocycles. The van der Waals surface area contributed by atoms with Crippen LogP contribution in [0.3, 0.4) is 0 Å². The maximum Gasteiger partial charge on any atom is 0.336 e. The molecule has 0 saturated carbocycles. The molecular weight excluding hydrogens is 238 g/mol. The fourth-order valence-electron chi connectivity index (χ4n) is 1.35. The number of carboxylic acid groups (broad SMARTS) is 1. The number of rotatable bonds is 3. The Morgan fingerprint density at radius 2 is 2.29 bits per heavy atom. The van der Waals surface area contributed by atoms with Crippen LogP contribution in [0.5, 0.6) is 0 Å². The Morgan fingerprint density at radius 1 is 1.53 bits per heavy atom. The quantitative estimate of drug-likeness (QED) is 0.811. The minimum atomic E-state index is -0.971. The van der Waals surface area contributed by atoms with Gasteiger partial charge in [0.05, 0.1) is 5.56 Å². The second kappa shape index (κ2) is 4.50. The van der Waals surface area contributed by atoms with E-state index in [4.69, 9.17) is 10.8 Å². The first-order chi connectivity index (χ1) is 8.08. The number of hydrogen-bond acceptors (Lipinski definition) is 4. The van der Waals surface area contributed by atoms with Gasteiger partial charge in [0.15, 0.2) is 5.16 Å². The smallest absolute Gasteiger partial charge is 0.336 e. The summed E-state index contributed by atoms with van der Waals surface area (Å²) in [6.07, 6.45) is 3.46. The summed E-state index contributed by atoms with van der Waals surface area (Å²) in [5.41, 5.74) is 6.42. The topological polar surface area (TPSA) is 81.1 Å². The number of hydrogen-bond donors (Lipinski definition) is 2. The van der Waals surface area contributed by atoms with Crippen LogP contribution in [0.25, 0.3) is 0 Å². The number of aromatic carboxylic acids is 1. The first-order valence-electron chi connectivity index (χ1n) is 4.86. The molecule has 0 saturated heterocycles. The first kappa shape index (κ1) is 11.5. The molecule has 1 aromatic carbocycles. The summed E-state index contributed by atoms with van der Waals surface area (Å²) in [6.45, 7) is 0. The van der Waals surface area contributed by atoms with Crippen molar-refractivity contribution in [3.8, 4) is 0 Å². The third kappa shape index (κ3) is 2.42. The fraction of sp³-hybridized carbons (Fsp3) is 0.0909. The van der Waals surface area contributed by atoms with E-state index in [1.807, 2.05) is 11.6 Å². The molecule has 1 aromatic heterocycles. The van der Waals surface area contributed by atoms with Crippen molar-refractivity contribution in [1.29, 1.82) is 0 Å². The van der Waals surface area contributed by atoms with Gasteiger partial charge in [-0.15, -0.1) is 0 Å². The Morgan fingerprint density at radius 3 is 2.88 bits per heavy atom. The van der Waals surface area contributed by atoms with Crippen molar-refractivity contribution in [2.45, 2.75) is 10.1 Å². The Labute approximate surface area is 102 Å². The van der Waals surface area contributed by atoms with Crippen molar-refractivity contribution >= 4 is 23.4 Å². The molecule has 0 spiro atoms. The molecule has 0 fully saturated rings. The van der Waals surface area contributed by atoms with Crippen molar-refractivity contribution in [3.63, 3.8) is 0 Å². The first-order valence-corrected chi connectivity index (χ1v) is 5.67. The van der Waals surface area contributed by atoms with Gasteiger partial charge in [-0.25, -0.2) is 9.78 Å². The zero-order valence-corrected chi connectivity index (χ0v) is 9.94. The molecule has 5 nitrogen and oxygen atoms in total. The lowest BCUT2D eigenvalue weighted by atomic mass is 10.2. The van der Waals surface area contributed by atoms with Crippen LogP contribution in [0.15, 0.2) is 40.6 Å². The van der Waals surface area contributed by atoms with Crippen LogP contribution in [0, 0.1) is 0 Å². The standard InChI is InChI=1S/C11H11N3O2S/c1-14-5-4-13-11(14)17-9-6-7(12)2-3-8(9)10(15)16/h2-6H,12H2,1H3,(H,15,16). The highest BCUT2D eigenvalue weighted by atomic mass is 32.2. The molecule has 0 bridgehead atoms. The SMILES string of the molecule is Cn1ccnc1Sc1cc(N)ccc1C(=O)O. The second-order valence-corrected chi connectivity index (χ2v) is 4.49. The van der Waals surface area contributed by atoms with Crippen LogP contribution < -0.4 is 5.73 Å². The maximum atomic E-state index is 11.1. The van der Waals surface area contributed by atoms with Gasteiger partial charge in [0, 0.05) is 30.0 Å². The third-order valence-electron chi connectivity index (χ3n) is 2.21. The zero-order chi connectivity index (χ0) is 12.4. The lowest BCUT2D eigenvalue weighted by molar-refractivity contribution is 0.0693. The summed E-state index contributed by atoms with van der Waals surface area (Å²) >= 11 is 1.28. The van der Waals surface area contributed by atoms with Gasteiger partial charge >= 0.3 is 5.97 Å².